The topological polar surface area (TPSA) is 64.7 Å². The summed E-state index contributed by atoms with van der Waals surface area (Å²) in [7, 11) is 0. The van der Waals surface area contributed by atoms with Crippen LogP contribution in [0.5, 0.6) is 0 Å². The van der Waals surface area contributed by atoms with Crippen LogP contribution in [0.1, 0.15) is 5.56 Å². The van der Waals surface area contributed by atoms with Crippen molar-refractivity contribution in [3.8, 4) is 0 Å². The van der Waals surface area contributed by atoms with Crippen LogP contribution in [-0.2, 0) is 11.3 Å². The molecule has 0 atom stereocenters. The van der Waals surface area contributed by atoms with Crippen molar-refractivity contribution in [2.24, 2.45) is 0 Å². The van der Waals surface area contributed by atoms with Crippen molar-refractivity contribution in [3.63, 3.8) is 0 Å². The summed E-state index contributed by atoms with van der Waals surface area (Å²) in [4.78, 5) is 26.7. The predicted octanol–water partition coefficient (Wildman–Crippen LogP) is 1.98. The van der Waals surface area contributed by atoms with Crippen molar-refractivity contribution in [1.29, 1.82) is 0 Å². The van der Waals surface area contributed by atoms with E-state index < -0.39 is 24.7 Å². The summed E-state index contributed by atoms with van der Waals surface area (Å²) in [5, 5.41) is 3.77. The third kappa shape index (κ3) is 7.31. The first-order valence-corrected chi connectivity index (χ1v) is 8.54. The molecule has 1 aliphatic heterocycles. The van der Waals surface area contributed by atoms with Crippen molar-refractivity contribution in [2.75, 3.05) is 39.3 Å². The van der Waals surface area contributed by atoms with Crippen molar-refractivity contribution in [1.82, 2.24) is 20.4 Å². The Bertz CT molecular complexity index is 659. The number of carbonyl (C=O) groups excluding carboxylic acids is 2. The highest BCUT2D eigenvalue weighted by molar-refractivity contribution is 6.31. The Balaban J connectivity index is 1.72. The minimum absolute atomic E-state index is 0.117. The van der Waals surface area contributed by atoms with Gasteiger partial charge in [-0.15, -0.1) is 0 Å². The molecule has 1 aromatic carbocycles. The standard InChI is InChI=1S/C16H19ClF4N4O2/c17-12-2-1-3-13(18)11(12)8-24-4-6-25(7-5-24)9-14(26)23-15(27)22-10-16(19,20)21/h1-3H,4-10H2,(H2,22,23,26,27). The zero-order chi connectivity index (χ0) is 20.0. The first-order valence-electron chi connectivity index (χ1n) is 8.16. The Hall–Kier alpha value is -1.91. The van der Waals surface area contributed by atoms with E-state index in [0.29, 0.717) is 43.3 Å². The molecule has 0 unspecified atom stereocenters. The molecule has 1 fully saturated rings. The molecule has 3 amide bonds. The molecule has 0 radical (unpaired) electrons. The minimum atomic E-state index is -4.54. The second kappa shape index (κ2) is 9.34. The van der Waals surface area contributed by atoms with Crippen molar-refractivity contribution in [2.45, 2.75) is 12.7 Å². The molecule has 6 nitrogen and oxygen atoms in total. The Morgan fingerprint density at radius 2 is 1.74 bits per heavy atom. The SMILES string of the molecule is O=C(CN1CCN(Cc2c(F)cccc2Cl)CC1)NC(=O)NCC(F)(F)F. The molecule has 0 spiro atoms. The summed E-state index contributed by atoms with van der Waals surface area (Å²) in [6.45, 7) is 0.798. The molecule has 2 rings (SSSR count). The quantitative estimate of drug-likeness (QED) is 0.729. The monoisotopic (exact) mass is 410 g/mol. The van der Waals surface area contributed by atoms with Crippen LogP contribution < -0.4 is 10.6 Å². The number of imide groups is 1. The number of urea groups is 1. The van der Waals surface area contributed by atoms with Crippen LogP contribution in [0.2, 0.25) is 5.02 Å². The van der Waals surface area contributed by atoms with Gasteiger partial charge in [0.2, 0.25) is 5.91 Å². The molecule has 27 heavy (non-hydrogen) atoms. The van der Waals surface area contributed by atoms with E-state index in [1.54, 1.807) is 16.3 Å². The van der Waals surface area contributed by atoms with Crippen LogP contribution in [0.3, 0.4) is 0 Å². The minimum Gasteiger partial charge on any atom is -0.329 e. The maximum absolute atomic E-state index is 13.8. The molecule has 1 aliphatic rings. The summed E-state index contributed by atoms with van der Waals surface area (Å²) in [6.07, 6.45) is -4.54. The first kappa shape index (κ1) is 21.4. The van der Waals surface area contributed by atoms with E-state index in [0.717, 1.165) is 0 Å². The third-order valence-corrected chi connectivity index (χ3v) is 4.33. The van der Waals surface area contributed by atoms with Gasteiger partial charge in [-0.25, -0.2) is 9.18 Å². The fourth-order valence-electron chi connectivity index (χ4n) is 2.61. The van der Waals surface area contributed by atoms with Gasteiger partial charge in [0.15, 0.2) is 0 Å². The van der Waals surface area contributed by atoms with Crippen LogP contribution in [-0.4, -0.2) is 67.2 Å². The molecule has 1 heterocycles. The van der Waals surface area contributed by atoms with Crippen LogP contribution in [0, 0.1) is 5.82 Å². The van der Waals surface area contributed by atoms with Gasteiger partial charge < -0.3 is 5.32 Å². The van der Waals surface area contributed by atoms with Gasteiger partial charge in [0.1, 0.15) is 12.4 Å². The lowest BCUT2D eigenvalue weighted by Crippen LogP contribution is -2.51. The fraction of sp³-hybridized carbons (Fsp3) is 0.500. The molecule has 0 bridgehead atoms. The molecule has 0 aromatic heterocycles. The van der Waals surface area contributed by atoms with Gasteiger partial charge in [0.25, 0.3) is 0 Å². The van der Waals surface area contributed by atoms with Gasteiger partial charge in [-0.2, -0.15) is 13.2 Å². The smallest absolute Gasteiger partial charge is 0.329 e. The molecule has 2 N–H and O–H groups in total. The number of alkyl halides is 3. The maximum Gasteiger partial charge on any atom is 0.405 e. The summed E-state index contributed by atoms with van der Waals surface area (Å²) in [6, 6.07) is 3.30. The number of rotatable bonds is 5. The summed E-state index contributed by atoms with van der Waals surface area (Å²) >= 11 is 6.01. The third-order valence-electron chi connectivity index (χ3n) is 3.98. The van der Waals surface area contributed by atoms with Crippen LogP contribution in [0.4, 0.5) is 22.4 Å². The largest absolute Gasteiger partial charge is 0.405 e. The predicted molar refractivity (Wildman–Crippen MR) is 90.7 cm³/mol. The van der Waals surface area contributed by atoms with E-state index in [9.17, 15) is 27.2 Å². The van der Waals surface area contributed by atoms with Gasteiger partial charge in [-0.1, -0.05) is 17.7 Å². The molecule has 0 saturated carbocycles. The highest BCUT2D eigenvalue weighted by atomic mass is 35.5. The number of nitrogens with zero attached hydrogens (tertiary/aromatic N) is 2. The van der Waals surface area contributed by atoms with E-state index in [4.69, 9.17) is 11.6 Å². The number of halogens is 5. The van der Waals surface area contributed by atoms with E-state index in [1.165, 1.54) is 12.1 Å². The molecule has 11 heteroatoms. The van der Waals surface area contributed by atoms with Gasteiger partial charge >= 0.3 is 12.2 Å². The number of carbonyl (C=O) groups is 2. The Morgan fingerprint density at radius 1 is 1.11 bits per heavy atom. The molecular weight excluding hydrogens is 392 g/mol. The van der Waals surface area contributed by atoms with Gasteiger partial charge in [0, 0.05) is 43.3 Å². The number of amides is 3. The van der Waals surface area contributed by atoms with Gasteiger partial charge in [0.05, 0.1) is 6.54 Å². The van der Waals surface area contributed by atoms with Crippen LogP contribution >= 0.6 is 11.6 Å². The second-order valence-electron chi connectivity index (χ2n) is 6.10. The lowest BCUT2D eigenvalue weighted by Gasteiger charge is -2.34. The number of hydrogen-bond donors (Lipinski definition) is 2. The first-order chi connectivity index (χ1) is 12.6. The second-order valence-corrected chi connectivity index (χ2v) is 6.51. The molecule has 150 valence electrons. The Labute approximate surface area is 158 Å². The molecule has 1 saturated heterocycles. The summed E-state index contributed by atoms with van der Waals surface area (Å²) in [5.41, 5.74) is 0.409. The average Bonchev–Trinajstić information content (AvgIpc) is 2.57. The zero-order valence-electron chi connectivity index (χ0n) is 14.3. The van der Waals surface area contributed by atoms with Crippen molar-refractivity contribution < 1.29 is 27.2 Å². The highest BCUT2D eigenvalue weighted by Crippen LogP contribution is 2.21. The highest BCUT2D eigenvalue weighted by Gasteiger charge is 2.28. The number of nitrogens with one attached hydrogen (secondary N) is 2. The normalized spacial score (nSPS) is 16.2. The molecule has 1 aromatic rings. The van der Waals surface area contributed by atoms with Crippen LogP contribution in [0.25, 0.3) is 0 Å². The fourth-order valence-corrected chi connectivity index (χ4v) is 2.83. The van der Waals surface area contributed by atoms with Crippen LogP contribution in [0.15, 0.2) is 18.2 Å². The lowest BCUT2D eigenvalue weighted by atomic mass is 10.2. The van der Waals surface area contributed by atoms with Gasteiger partial charge in [-0.3, -0.25) is 19.9 Å². The Morgan fingerprint density at radius 3 is 2.33 bits per heavy atom. The van der Waals surface area contributed by atoms with E-state index in [-0.39, 0.29) is 12.4 Å². The lowest BCUT2D eigenvalue weighted by molar-refractivity contribution is -0.125. The van der Waals surface area contributed by atoms with E-state index >= 15 is 0 Å². The Kier molecular flexibility index (Phi) is 7.40. The van der Waals surface area contributed by atoms with Crippen molar-refractivity contribution >= 4 is 23.5 Å². The number of hydrogen-bond acceptors (Lipinski definition) is 4. The van der Waals surface area contributed by atoms with Gasteiger partial charge in [-0.05, 0) is 12.1 Å². The average molecular weight is 411 g/mol. The number of piperazine rings is 1. The molecular formula is C16H19ClF4N4O2. The van der Waals surface area contributed by atoms with E-state index in [2.05, 4.69) is 0 Å². The zero-order valence-corrected chi connectivity index (χ0v) is 15.0. The van der Waals surface area contributed by atoms with E-state index in [1.807, 2.05) is 10.2 Å². The molecule has 0 aliphatic carbocycles. The summed E-state index contributed by atoms with van der Waals surface area (Å²) < 4.78 is 49.8. The maximum atomic E-state index is 13.8. The van der Waals surface area contributed by atoms with Crippen molar-refractivity contribution in [3.05, 3.63) is 34.6 Å². The summed E-state index contributed by atoms with van der Waals surface area (Å²) in [5.74, 6) is -1.07. The number of benzene rings is 1.